The summed E-state index contributed by atoms with van der Waals surface area (Å²) in [6.45, 7) is 6.77. The fourth-order valence-corrected chi connectivity index (χ4v) is 12.3. The second-order valence-electron chi connectivity index (χ2n) is 26.6. The molecule has 0 aliphatic heterocycles. The van der Waals surface area contributed by atoms with Crippen LogP contribution in [-0.2, 0) is 28.6 Å². The minimum Gasteiger partial charge on any atom is -0.462 e. The van der Waals surface area contributed by atoms with Gasteiger partial charge in [-0.3, -0.25) is 14.4 Å². The molecular formula is C77H150O6. The van der Waals surface area contributed by atoms with Crippen LogP contribution in [0.1, 0.15) is 457 Å². The van der Waals surface area contributed by atoms with E-state index in [0.29, 0.717) is 19.3 Å². The highest BCUT2D eigenvalue weighted by Gasteiger charge is 2.20. The van der Waals surface area contributed by atoms with E-state index >= 15 is 0 Å². The Morgan fingerprint density at radius 3 is 0.482 bits per heavy atom. The standard InChI is InChI=1S/C77H150O6/c1-4-7-10-13-16-19-22-25-28-31-34-36-37-38-39-41-43-46-49-52-55-58-61-64-67-70-76(79)82-73-74(72-81-75(78)69-66-63-60-57-54-51-48-45-42-33-30-27-24-21-18-15-12-9-6-3)83-77(80)71-68-65-62-59-56-53-50-47-44-40-35-32-29-26-23-20-17-14-11-8-5-2/h74H,4-73H2,1-3H3. The molecule has 0 aromatic rings. The number of ether oxygens (including phenoxy) is 3. The lowest BCUT2D eigenvalue weighted by Crippen LogP contribution is -2.30. The largest absolute Gasteiger partial charge is 0.462 e. The van der Waals surface area contributed by atoms with Gasteiger partial charge in [-0.2, -0.15) is 0 Å². The third-order valence-electron chi connectivity index (χ3n) is 18.1. The molecule has 0 radical (unpaired) electrons. The van der Waals surface area contributed by atoms with Crippen LogP contribution in [0.2, 0.25) is 0 Å². The highest BCUT2D eigenvalue weighted by molar-refractivity contribution is 5.71. The Labute approximate surface area is 520 Å². The number of carbonyl (C=O) groups is 3. The van der Waals surface area contributed by atoms with Crippen LogP contribution in [-0.4, -0.2) is 37.2 Å². The molecule has 0 aromatic heterocycles. The first-order valence-corrected chi connectivity index (χ1v) is 38.5. The van der Waals surface area contributed by atoms with Crippen molar-refractivity contribution >= 4 is 17.9 Å². The highest BCUT2D eigenvalue weighted by atomic mass is 16.6. The van der Waals surface area contributed by atoms with Crippen LogP contribution in [0.3, 0.4) is 0 Å². The molecule has 6 heteroatoms. The van der Waals surface area contributed by atoms with Gasteiger partial charge in [-0.05, 0) is 19.3 Å². The fourth-order valence-electron chi connectivity index (χ4n) is 12.3. The van der Waals surface area contributed by atoms with Gasteiger partial charge < -0.3 is 14.2 Å². The van der Waals surface area contributed by atoms with Gasteiger partial charge in [-0.1, -0.05) is 419 Å². The summed E-state index contributed by atoms with van der Waals surface area (Å²) in [7, 11) is 0. The molecule has 0 aromatic carbocycles. The van der Waals surface area contributed by atoms with Crippen molar-refractivity contribution in [2.75, 3.05) is 13.2 Å². The van der Waals surface area contributed by atoms with E-state index in [9.17, 15) is 14.4 Å². The highest BCUT2D eigenvalue weighted by Crippen LogP contribution is 2.20. The van der Waals surface area contributed by atoms with Crippen LogP contribution >= 0.6 is 0 Å². The lowest BCUT2D eigenvalue weighted by Gasteiger charge is -2.18. The number of esters is 3. The predicted octanol–water partition coefficient (Wildman–Crippen LogP) is 26.6. The molecule has 0 saturated heterocycles. The maximum Gasteiger partial charge on any atom is 0.306 e. The lowest BCUT2D eigenvalue weighted by molar-refractivity contribution is -0.167. The summed E-state index contributed by atoms with van der Waals surface area (Å²) in [5.41, 5.74) is 0. The maximum absolute atomic E-state index is 13.0. The number of unbranched alkanes of at least 4 members (excludes halogenated alkanes) is 62. The molecule has 0 aliphatic rings. The number of rotatable bonds is 73. The van der Waals surface area contributed by atoms with Crippen molar-refractivity contribution in [3.05, 3.63) is 0 Å². The molecule has 494 valence electrons. The molecule has 0 heterocycles. The Morgan fingerprint density at radius 2 is 0.325 bits per heavy atom. The molecule has 1 atom stereocenters. The van der Waals surface area contributed by atoms with Crippen LogP contribution in [0.25, 0.3) is 0 Å². The second kappa shape index (κ2) is 72.9. The van der Waals surface area contributed by atoms with Gasteiger partial charge in [0.1, 0.15) is 13.2 Å². The summed E-state index contributed by atoms with van der Waals surface area (Å²) in [5, 5.41) is 0. The first-order chi connectivity index (χ1) is 41.0. The van der Waals surface area contributed by atoms with E-state index in [0.717, 1.165) is 57.8 Å². The minimum absolute atomic E-state index is 0.0597. The number of hydrogen-bond acceptors (Lipinski definition) is 6. The average molecular weight is 1170 g/mol. The average Bonchev–Trinajstić information content (AvgIpc) is 3.50. The zero-order chi connectivity index (χ0) is 59.9. The van der Waals surface area contributed by atoms with Gasteiger partial charge in [-0.15, -0.1) is 0 Å². The Hall–Kier alpha value is -1.59. The van der Waals surface area contributed by atoms with Gasteiger partial charge in [0.25, 0.3) is 0 Å². The summed E-state index contributed by atoms with van der Waals surface area (Å²) in [6, 6.07) is 0. The predicted molar refractivity (Wildman–Crippen MR) is 363 cm³/mol. The topological polar surface area (TPSA) is 78.9 Å². The van der Waals surface area contributed by atoms with Gasteiger partial charge in [0.05, 0.1) is 0 Å². The van der Waals surface area contributed by atoms with E-state index in [1.807, 2.05) is 0 Å². The van der Waals surface area contributed by atoms with Crippen molar-refractivity contribution < 1.29 is 28.6 Å². The third kappa shape index (κ3) is 71.1. The molecule has 0 fully saturated rings. The zero-order valence-electron chi connectivity index (χ0n) is 57.0. The first-order valence-electron chi connectivity index (χ1n) is 38.5. The normalized spacial score (nSPS) is 11.9. The molecule has 0 spiro atoms. The van der Waals surface area contributed by atoms with Crippen LogP contribution in [0.15, 0.2) is 0 Å². The van der Waals surface area contributed by atoms with E-state index in [1.54, 1.807) is 0 Å². The van der Waals surface area contributed by atoms with Gasteiger partial charge in [0, 0.05) is 19.3 Å². The SMILES string of the molecule is CCCCCCCCCCCCCCCCCCCCCCCCCCCC(=O)OCC(COC(=O)CCCCCCCCCCCCCCCCCCCCC)OC(=O)CCCCCCCCCCCCCCCCCCCCCCC. The summed E-state index contributed by atoms with van der Waals surface area (Å²) >= 11 is 0. The van der Waals surface area contributed by atoms with Crippen LogP contribution in [0.5, 0.6) is 0 Å². The summed E-state index contributed by atoms with van der Waals surface area (Å²) in [6.07, 6.45) is 87.2. The summed E-state index contributed by atoms with van der Waals surface area (Å²) < 4.78 is 17.1. The molecule has 0 bridgehead atoms. The van der Waals surface area contributed by atoms with Crippen LogP contribution in [0, 0.1) is 0 Å². The summed E-state index contributed by atoms with van der Waals surface area (Å²) in [4.78, 5) is 38.6. The van der Waals surface area contributed by atoms with Gasteiger partial charge >= 0.3 is 17.9 Å². The van der Waals surface area contributed by atoms with Crippen molar-refractivity contribution in [1.82, 2.24) is 0 Å². The van der Waals surface area contributed by atoms with Crippen molar-refractivity contribution in [2.24, 2.45) is 0 Å². The first kappa shape index (κ1) is 81.4. The second-order valence-corrected chi connectivity index (χ2v) is 26.6. The molecule has 0 aliphatic carbocycles. The van der Waals surface area contributed by atoms with Crippen molar-refractivity contribution in [2.45, 2.75) is 463 Å². The van der Waals surface area contributed by atoms with Gasteiger partial charge in [0.2, 0.25) is 0 Å². The molecule has 6 nitrogen and oxygen atoms in total. The third-order valence-corrected chi connectivity index (χ3v) is 18.1. The molecule has 83 heavy (non-hydrogen) atoms. The van der Waals surface area contributed by atoms with E-state index in [4.69, 9.17) is 14.2 Å². The van der Waals surface area contributed by atoms with Crippen molar-refractivity contribution in [1.29, 1.82) is 0 Å². The lowest BCUT2D eigenvalue weighted by atomic mass is 10.0. The van der Waals surface area contributed by atoms with Crippen molar-refractivity contribution in [3.8, 4) is 0 Å². The van der Waals surface area contributed by atoms with E-state index in [1.165, 1.54) is 360 Å². The Morgan fingerprint density at radius 1 is 0.193 bits per heavy atom. The molecular weight excluding hydrogens is 1020 g/mol. The quantitative estimate of drug-likeness (QED) is 0.0343. The van der Waals surface area contributed by atoms with Crippen LogP contribution < -0.4 is 0 Å². The molecule has 1 unspecified atom stereocenters. The minimum atomic E-state index is -0.764. The summed E-state index contributed by atoms with van der Waals surface area (Å²) in [5.74, 6) is -0.812. The fraction of sp³-hybridized carbons (Fsp3) is 0.961. The molecule has 0 amide bonds. The van der Waals surface area contributed by atoms with Crippen molar-refractivity contribution in [3.63, 3.8) is 0 Å². The monoisotopic (exact) mass is 1170 g/mol. The van der Waals surface area contributed by atoms with E-state index < -0.39 is 6.10 Å². The molecule has 0 saturated carbocycles. The Bertz CT molecular complexity index is 1250. The van der Waals surface area contributed by atoms with Gasteiger partial charge in [0.15, 0.2) is 6.10 Å². The Balaban J connectivity index is 4.24. The maximum atomic E-state index is 13.0. The van der Waals surface area contributed by atoms with Gasteiger partial charge in [-0.25, -0.2) is 0 Å². The van der Waals surface area contributed by atoms with E-state index in [2.05, 4.69) is 20.8 Å². The molecule has 0 rings (SSSR count). The van der Waals surface area contributed by atoms with E-state index in [-0.39, 0.29) is 31.1 Å². The zero-order valence-corrected chi connectivity index (χ0v) is 57.0. The van der Waals surface area contributed by atoms with Crippen LogP contribution in [0.4, 0.5) is 0 Å². The number of carbonyl (C=O) groups excluding carboxylic acids is 3. The number of hydrogen-bond donors (Lipinski definition) is 0. The Kier molecular flexibility index (Phi) is 71.5. The molecule has 0 N–H and O–H groups in total. The smallest absolute Gasteiger partial charge is 0.306 e.